The Labute approximate surface area is 140 Å². The van der Waals surface area contributed by atoms with Crippen molar-refractivity contribution in [2.24, 2.45) is 5.92 Å². The molecular weight excluding hydrogens is 348 g/mol. The van der Waals surface area contributed by atoms with Crippen molar-refractivity contribution in [3.63, 3.8) is 0 Å². The molecule has 1 amide bonds. The second-order valence-electron chi connectivity index (χ2n) is 6.58. The molecule has 1 aromatic heterocycles. The number of likely N-dealkylation sites (tertiary alicyclic amines) is 1. The van der Waals surface area contributed by atoms with Gasteiger partial charge >= 0.3 is 6.09 Å². The molecule has 1 unspecified atom stereocenters. The molecule has 0 saturated carbocycles. The Morgan fingerprint density at radius 1 is 1.50 bits per heavy atom. The van der Waals surface area contributed by atoms with Crippen LogP contribution < -0.4 is 0 Å². The van der Waals surface area contributed by atoms with E-state index in [-0.39, 0.29) is 6.09 Å². The number of amides is 1. The van der Waals surface area contributed by atoms with Crippen LogP contribution in [0.3, 0.4) is 0 Å². The summed E-state index contributed by atoms with van der Waals surface area (Å²) in [5.74, 6) is 0.373. The molecule has 2 heterocycles. The third-order valence-electron chi connectivity index (χ3n) is 3.35. The monoisotopic (exact) mass is 370 g/mol. The quantitative estimate of drug-likeness (QED) is 0.759. The molecule has 1 aromatic rings. The Morgan fingerprint density at radius 2 is 2.27 bits per heavy atom. The van der Waals surface area contributed by atoms with Gasteiger partial charge in [-0.2, -0.15) is 0 Å². The molecule has 1 saturated heterocycles. The fourth-order valence-corrected chi connectivity index (χ4v) is 2.75. The zero-order valence-electron chi connectivity index (χ0n) is 13.3. The number of carbonyl (C=O) groups is 1. The summed E-state index contributed by atoms with van der Waals surface area (Å²) in [5, 5.41) is 0. The highest BCUT2D eigenvalue weighted by Gasteiger charge is 2.29. The molecule has 1 fully saturated rings. The minimum absolute atomic E-state index is 0.229. The van der Waals surface area contributed by atoms with Gasteiger partial charge in [0.2, 0.25) is 0 Å². The first-order valence-corrected chi connectivity index (χ1v) is 8.29. The van der Waals surface area contributed by atoms with Gasteiger partial charge in [-0.25, -0.2) is 9.78 Å². The molecule has 1 aliphatic heterocycles. The summed E-state index contributed by atoms with van der Waals surface area (Å²) in [5.41, 5.74) is 0.643. The molecule has 0 spiro atoms. The van der Waals surface area contributed by atoms with Gasteiger partial charge in [-0.15, -0.1) is 0 Å². The highest BCUT2D eigenvalue weighted by atomic mass is 79.9. The number of rotatable bonds is 4. The summed E-state index contributed by atoms with van der Waals surface area (Å²) in [6.45, 7) is 8.30. The van der Waals surface area contributed by atoms with Crippen molar-refractivity contribution in [1.82, 2.24) is 9.88 Å². The van der Waals surface area contributed by atoms with Crippen LogP contribution in [0.2, 0.25) is 0 Å². The lowest BCUT2D eigenvalue weighted by Gasteiger charge is -2.24. The van der Waals surface area contributed by atoms with Crippen LogP contribution in [-0.2, 0) is 16.1 Å². The third-order valence-corrected chi connectivity index (χ3v) is 3.78. The first-order chi connectivity index (χ1) is 10.3. The van der Waals surface area contributed by atoms with Gasteiger partial charge in [0.05, 0.1) is 13.2 Å². The maximum absolute atomic E-state index is 12.0. The summed E-state index contributed by atoms with van der Waals surface area (Å²) < 4.78 is 12.0. The van der Waals surface area contributed by atoms with Crippen molar-refractivity contribution >= 4 is 22.0 Å². The van der Waals surface area contributed by atoms with E-state index in [2.05, 4.69) is 20.9 Å². The molecule has 0 bridgehead atoms. The molecule has 1 atom stereocenters. The van der Waals surface area contributed by atoms with Crippen molar-refractivity contribution in [2.45, 2.75) is 39.4 Å². The van der Waals surface area contributed by atoms with Crippen LogP contribution in [0.15, 0.2) is 22.9 Å². The van der Waals surface area contributed by atoms with Gasteiger partial charge < -0.3 is 14.4 Å². The van der Waals surface area contributed by atoms with Crippen LogP contribution in [0, 0.1) is 5.92 Å². The summed E-state index contributed by atoms with van der Waals surface area (Å²) in [4.78, 5) is 17.8. The van der Waals surface area contributed by atoms with E-state index in [0.29, 0.717) is 25.7 Å². The van der Waals surface area contributed by atoms with E-state index in [4.69, 9.17) is 9.47 Å². The number of carbonyl (C=O) groups excluding carboxylic acids is 1. The number of pyridine rings is 1. The van der Waals surface area contributed by atoms with E-state index in [1.165, 1.54) is 0 Å². The molecule has 0 aliphatic carbocycles. The molecule has 2 rings (SSSR count). The maximum atomic E-state index is 12.0. The Balaban J connectivity index is 1.71. The Kier molecular flexibility index (Phi) is 5.81. The Morgan fingerprint density at radius 3 is 2.95 bits per heavy atom. The predicted molar refractivity (Wildman–Crippen MR) is 87.5 cm³/mol. The number of nitrogens with zero attached hydrogens (tertiary/aromatic N) is 2. The highest BCUT2D eigenvalue weighted by Crippen LogP contribution is 2.20. The topological polar surface area (TPSA) is 51.7 Å². The number of halogens is 1. The van der Waals surface area contributed by atoms with E-state index in [9.17, 15) is 4.79 Å². The summed E-state index contributed by atoms with van der Waals surface area (Å²) >= 11 is 3.34. The number of hydrogen-bond donors (Lipinski definition) is 0. The maximum Gasteiger partial charge on any atom is 0.410 e. The predicted octanol–water partition coefficient (Wildman–Crippen LogP) is 3.62. The fourth-order valence-electron chi connectivity index (χ4n) is 2.34. The number of aromatic nitrogens is 1. The van der Waals surface area contributed by atoms with E-state index >= 15 is 0 Å². The zero-order chi connectivity index (χ0) is 16.2. The zero-order valence-corrected chi connectivity index (χ0v) is 14.9. The van der Waals surface area contributed by atoms with Crippen molar-refractivity contribution in [2.75, 3.05) is 19.7 Å². The minimum atomic E-state index is -0.444. The molecule has 0 aromatic carbocycles. The SMILES string of the molecule is CC(C)(C)OC(=O)N1CCC(COCc2ccnc(Br)c2)C1. The summed E-state index contributed by atoms with van der Waals surface area (Å²) in [6, 6.07) is 3.88. The molecule has 0 N–H and O–H groups in total. The van der Waals surface area contributed by atoms with Crippen molar-refractivity contribution in [1.29, 1.82) is 0 Å². The molecule has 122 valence electrons. The van der Waals surface area contributed by atoms with Gasteiger partial charge in [-0.3, -0.25) is 0 Å². The van der Waals surface area contributed by atoms with Gasteiger partial charge in [0, 0.05) is 25.2 Å². The number of hydrogen-bond acceptors (Lipinski definition) is 4. The second-order valence-corrected chi connectivity index (χ2v) is 7.40. The van der Waals surface area contributed by atoms with Gasteiger partial charge in [0.25, 0.3) is 0 Å². The van der Waals surface area contributed by atoms with Gasteiger partial charge in [-0.1, -0.05) is 0 Å². The van der Waals surface area contributed by atoms with Crippen LogP contribution >= 0.6 is 15.9 Å². The molecule has 1 aliphatic rings. The largest absolute Gasteiger partial charge is 0.444 e. The normalized spacial score (nSPS) is 18.5. The Bertz CT molecular complexity index is 516. The molecular formula is C16H23BrN2O3. The van der Waals surface area contributed by atoms with E-state index < -0.39 is 5.60 Å². The summed E-state index contributed by atoms with van der Waals surface area (Å²) in [7, 11) is 0. The van der Waals surface area contributed by atoms with Gasteiger partial charge in [0.15, 0.2) is 0 Å². The highest BCUT2D eigenvalue weighted by molar-refractivity contribution is 9.10. The van der Waals surface area contributed by atoms with Crippen molar-refractivity contribution in [3.05, 3.63) is 28.5 Å². The van der Waals surface area contributed by atoms with Crippen LogP contribution in [0.25, 0.3) is 0 Å². The smallest absolute Gasteiger partial charge is 0.410 e. The lowest BCUT2D eigenvalue weighted by molar-refractivity contribution is 0.0271. The average molecular weight is 371 g/mol. The number of ether oxygens (including phenoxy) is 2. The molecule has 6 heteroatoms. The van der Waals surface area contributed by atoms with E-state index in [0.717, 1.165) is 23.1 Å². The van der Waals surface area contributed by atoms with E-state index in [1.54, 1.807) is 11.1 Å². The minimum Gasteiger partial charge on any atom is -0.444 e. The van der Waals surface area contributed by atoms with Crippen LogP contribution in [0.4, 0.5) is 4.79 Å². The lowest BCUT2D eigenvalue weighted by atomic mass is 10.1. The van der Waals surface area contributed by atoms with Crippen molar-refractivity contribution in [3.8, 4) is 0 Å². The van der Waals surface area contributed by atoms with Gasteiger partial charge in [-0.05, 0) is 60.8 Å². The second kappa shape index (κ2) is 7.42. The van der Waals surface area contributed by atoms with E-state index in [1.807, 2.05) is 32.9 Å². The average Bonchev–Trinajstić information content (AvgIpc) is 2.86. The van der Waals surface area contributed by atoms with Crippen LogP contribution in [-0.4, -0.2) is 41.3 Å². The summed E-state index contributed by atoms with van der Waals surface area (Å²) in [6.07, 6.45) is 2.48. The standard InChI is InChI=1S/C16H23BrN2O3/c1-16(2,3)22-15(20)19-7-5-13(9-19)11-21-10-12-4-6-18-14(17)8-12/h4,6,8,13H,5,7,9-11H2,1-3H3. The Hall–Kier alpha value is -1.14. The van der Waals surface area contributed by atoms with Crippen molar-refractivity contribution < 1.29 is 14.3 Å². The molecule has 22 heavy (non-hydrogen) atoms. The molecule has 0 radical (unpaired) electrons. The van der Waals surface area contributed by atoms with Crippen LogP contribution in [0.5, 0.6) is 0 Å². The first kappa shape index (κ1) is 17.2. The third kappa shape index (κ3) is 5.57. The lowest BCUT2D eigenvalue weighted by Crippen LogP contribution is -2.35. The van der Waals surface area contributed by atoms with Gasteiger partial charge in [0.1, 0.15) is 10.2 Å². The first-order valence-electron chi connectivity index (χ1n) is 7.49. The molecule has 5 nitrogen and oxygen atoms in total. The van der Waals surface area contributed by atoms with Crippen LogP contribution in [0.1, 0.15) is 32.8 Å². The fraction of sp³-hybridized carbons (Fsp3) is 0.625.